The number of nitrogens with zero attached hydrogens (tertiary/aromatic N) is 1. The molecule has 0 bridgehead atoms. The maximum atomic E-state index is 12.6. The third-order valence-electron chi connectivity index (χ3n) is 4.42. The van der Waals surface area contributed by atoms with Gasteiger partial charge < -0.3 is 15.4 Å². The maximum Gasteiger partial charge on any atom is 0.355 e. The summed E-state index contributed by atoms with van der Waals surface area (Å²) in [5.74, 6) is -0.578. The van der Waals surface area contributed by atoms with Gasteiger partial charge in [0.15, 0.2) is 0 Å². The number of esters is 1. The third-order valence-corrected chi connectivity index (χ3v) is 4.68. The highest BCUT2D eigenvalue weighted by molar-refractivity contribution is 6.30. The van der Waals surface area contributed by atoms with Crippen LogP contribution in [-0.2, 0) is 9.53 Å². The average Bonchev–Trinajstić information content (AvgIpc) is 3.31. The molecule has 1 aliphatic rings. The number of carbonyl (C=O) groups is 2. The van der Waals surface area contributed by atoms with E-state index in [1.165, 1.54) is 6.20 Å². The highest BCUT2D eigenvalue weighted by Gasteiger charge is 2.28. The zero-order valence-electron chi connectivity index (χ0n) is 15.4. The Morgan fingerprint density at radius 3 is 2.59 bits per heavy atom. The van der Waals surface area contributed by atoms with Crippen molar-refractivity contribution in [2.24, 2.45) is 0 Å². The molecule has 0 saturated heterocycles. The first-order chi connectivity index (χ1) is 14.0. The Balaban J connectivity index is 1.50. The van der Waals surface area contributed by atoms with Crippen molar-refractivity contribution >= 4 is 35.0 Å². The largest absolute Gasteiger partial charge is 0.448 e. The number of amides is 1. The van der Waals surface area contributed by atoms with Gasteiger partial charge in [-0.15, -0.1) is 0 Å². The predicted molar refractivity (Wildman–Crippen MR) is 110 cm³/mol. The van der Waals surface area contributed by atoms with Gasteiger partial charge in [-0.2, -0.15) is 5.10 Å². The number of nitrogens with one attached hydrogen (secondary N) is 3. The highest BCUT2D eigenvalue weighted by atomic mass is 35.5. The first-order valence-electron chi connectivity index (χ1n) is 8.86. The number of anilines is 2. The lowest BCUT2D eigenvalue weighted by Crippen LogP contribution is -2.15. The van der Waals surface area contributed by atoms with Gasteiger partial charge in [-0.3, -0.25) is 9.89 Å². The molecule has 0 saturated carbocycles. The second-order valence-electron chi connectivity index (χ2n) is 6.56. The van der Waals surface area contributed by atoms with Crippen molar-refractivity contribution in [3.8, 4) is 0 Å². The van der Waals surface area contributed by atoms with Gasteiger partial charge in [0, 0.05) is 10.7 Å². The normalized spacial score (nSPS) is 15.6. The number of ether oxygens (including phenoxy) is 1. The third kappa shape index (κ3) is 4.14. The van der Waals surface area contributed by atoms with Gasteiger partial charge in [-0.05, 0) is 42.8 Å². The number of hydrogen-bond acceptors (Lipinski definition) is 5. The molecule has 0 aliphatic carbocycles. The van der Waals surface area contributed by atoms with E-state index in [0.717, 1.165) is 11.1 Å². The molecular formula is C21H17ClN4O3. The van der Waals surface area contributed by atoms with Crippen LogP contribution in [0.15, 0.2) is 66.5 Å². The topological polar surface area (TPSA) is 96.1 Å². The molecule has 0 spiro atoms. The van der Waals surface area contributed by atoms with E-state index in [2.05, 4.69) is 20.8 Å². The summed E-state index contributed by atoms with van der Waals surface area (Å²) in [5.41, 5.74) is 3.04. The monoisotopic (exact) mass is 408 g/mol. The number of aryl methyl sites for hydroxylation is 1. The summed E-state index contributed by atoms with van der Waals surface area (Å²) in [6.45, 7) is 1.97. The molecule has 146 valence electrons. The molecule has 29 heavy (non-hydrogen) atoms. The van der Waals surface area contributed by atoms with E-state index in [4.69, 9.17) is 16.3 Å². The molecule has 1 unspecified atom stereocenters. The second kappa shape index (κ2) is 7.81. The number of aromatic nitrogens is 2. The lowest BCUT2D eigenvalue weighted by atomic mass is 10.1. The second-order valence-corrected chi connectivity index (χ2v) is 7.00. The molecule has 0 radical (unpaired) electrons. The summed E-state index contributed by atoms with van der Waals surface area (Å²) in [5, 5.41) is 12.9. The summed E-state index contributed by atoms with van der Waals surface area (Å²) >= 11 is 5.90. The molecule has 8 heteroatoms. The minimum Gasteiger partial charge on any atom is -0.448 e. The zero-order chi connectivity index (χ0) is 20.4. The SMILES string of the molecule is Cc1ccc(NC(=O)c2cn[nH]c2NC2=CC(c3ccc(Cl)cc3)OC2=O)cc1. The van der Waals surface area contributed by atoms with Crippen LogP contribution in [0.25, 0.3) is 0 Å². The lowest BCUT2D eigenvalue weighted by molar-refractivity contribution is -0.139. The van der Waals surface area contributed by atoms with E-state index in [1.54, 1.807) is 30.3 Å². The first kappa shape index (κ1) is 18.8. The van der Waals surface area contributed by atoms with Gasteiger partial charge in [-0.1, -0.05) is 41.4 Å². The zero-order valence-corrected chi connectivity index (χ0v) is 16.2. The van der Waals surface area contributed by atoms with Gasteiger partial charge in [0.05, 0.1) is 6.20 Å². The van der Waals surface area contributed by atoms with Crippen molar-refractivity contribution in [1.29, 1.82) is 0 Å². The number of hydrogen-bond donors (Lipinski definition) is 3. The van der Waals surface area contributed by atoms with Crippen LogP contribution >= 0.6 is 11.6 Å². The maximum absolute atomic E-state index is 12.6. The molecule has 1 atom stereocenters. The number of aromatic amines is 1. The fraction of sp³-hybridized carbons (Fsp3) is 0.0952. The smallest absolute Gasteiger partial charge is 0.355 e. The van der Waals surface area contributed by atoms with Crippen LogP contribution < -0.4 is 10.6 Å². The number of cyclic esters (lactones) is 1. The van der Waals surface area contributed by atoms with Crippen LogP contribution in [0.1, 0.15) is 27.6 Å². The molecule has 7 nitrogen and oxygen atoms in total. The minimum absolute atomic E-state index is 0.221. The number of rotatable bonds is 5. The van der Waals surface area contributed by atoms with Crippen molar-refractivity contribution in [2.45, 2.75) is 13.0 Å². The fourth-order valence-corrected chi connectivity index (χ4v) is 2.99. The van der Waals surface area contributed by atoms with Crippen LogP contribution in [0, 0.1) is 6.92 Å². The minimum atomic E-state index is -0.532. The molecule has 3 aromatic rings. The quantitative estimate of drug-likeness (QED) is 0.549. The van der Waals surface area contributed by atoms with Crippen LogP contribution in [0.3, 0.4) is 0 Å². The van der Waals surface area contributed by atoms with E-state index in [1.807, 2.05) is 31.2 Å². The standard InChI is InChI=1S/C21H17ClN4O3/c1-12-2-8-15(9-3-12)24-20(27)16-11-23-26-19(16)25-17-10-18(29-21(17)28)13-4-6-14(22)7-5-13/h2-11,18H,1H3,(H,24,27)(H2,23,25,26). The van der Waals surface area contributed by atoms with Crippen molar-refractivity contribution in [3.63, 3.8) is 0 Å². The van der Waals surface area contributed by atoms with Crippen molar-refractivity contribution in [2.75, 3.05) is 10.6 Å². The molecule has 1 aromatic heterocycles. The van der Waals surface area contributed by atoms with E-state index in [0.29, 0.717) is 16.5 Å². The Hall–Kier alpha value is -3.58. The van der Waals surface area contributed by atoms with Gasteiger partial charge in [0.1, 0.15) is 23.2 Å². The Bertz CT molecular complexity index is 1090. The first-order valence-corrected chi connectivity index (χ1v) is 9.24. The number of carbonyl (C=O) groups excluding carboxylic acids is 2. The predicted octanol–water partition coefficient (Wildman–Crippen LogP) is 4.22. The Kier molecular flexibility index (Phi) is 5.05. The summed E-state index contributed by atoms with van der Waals surface area (Å²) in [6, 6.07) is 14.5. The summed E-state index contributed by atoms with van der Waals surface area (Å²) in [6.07, 6.45) is 2.51. The van der Waals surface area contributed by atoms with Gasteiger partial charge in [0.2, 0.25) is 0 Å². The van der Waals surface area contributed by atoms with Crippen LogP contribution in [0.5, 0.6) is 0 Å². The number of H-pyrrole nitrogens is 1. The van der Waals surface area contributed by atoms with Crippen LogP contribution in [-0.4, -0.2) is 22.1 Å². The summed E-state index contributed by atoms with van der Waals surface area (Å²) in [4.78, 5) is 24.8. The van der Waals surface area contributed by atoms with Gasteiger partial charge >= 0.3 is 5.97 Å². The molecule has 4 rings (SSSR count). The Morgan fingerprint density at radius 1 is 1.14 bits per heavy atom. The Labute approximate surface area is 171 Å². The average molecular weight is 409 g/mol. The summed E-state index contributed by atoms with van der Waals surface area (Å²) < 4.78 is 5.38. The van der Waals surface area contributed by atoms with E-state index < -0.39 is 12.1 Å². The van der Waals surface area contributed by atoms with Gasteiger partial charge in [0.25, 0.3) is 5.91 Å². The van der Waals surface area contributed by atoms with Crippen LogP contribution in [0.2, 0.25) is 5.02 Å². The lowest BCUT2D eigenvalue weighted by Gasteiger charge is -2.08. The van der Waals surface area contributed by atoms with E-state index in [-0.39, 0.29) is 17.2 Å². The van der Waals surface area contributed by atoms with Crippen molar-refractivity contribution in [3.05, 3.63) is 88.2 Å². The summed E-state index contributed by atoms with van der Waals surface area (Å²) in [7, 11) is 0. The van der Waals surface area contributed by atoms with E-state index in [9.17, 15) is 9.59 Å². The molecule has 0 fully saturated rings. The van der Waals surface area contributed by atoms with Crippen LogP contribution in [0.4, 0.5) is 11.5 Å². The molecule has 3 N–H and O–H groups in total. The van der Waals surface area contributed by atoms with Crippen molar-refractivity contribution in [1.82, 2.24) is 10.2 Å². The highest BCUT2D eigenvalue weighted by Crippen LogP contribution is 2.29. The van der Waals surface area contributed by atoms with Gasteiger partial charge in [-0.25, -0.2) is 4.79 Å². The number of halogens is 1. The molecular weight excluding hydrogens is 392 g/mol. The van der Waals surface area contributed by atoms with Crippen molar-refractivity contribution < 1.29 is 14.3 Å². The molecule has 2 aromatic carbocycles. The molecule has 2 heterocycles. The fourth-order valence-electron chi connectivity index (χ4n) is 2.87. The van der Waals surface area contributed by atoms with E-state index >= 15 is 0 Å². The Morgan fingerprint density at radius 2 is 1.86 bits per heavy atom. The molecule has 1 amide bonds. The number of benzene rings is 2. The molecule has 1 aliphatic heterocycles.